The third-order valence-corrected chi connectivity index (χ3v) is 5.46. The summed E-state index contributed by atoms with van der Waals surface area (Å²) in [5.74, 6) is 0. The SMILES string of the molecule is CC1CCCC(C)N1C(=S)Sn1ccc2ccccc21. The first-order chi connectivity index (χ1) is 9.66. The molecular weight excluding hydrogens is 284 g/mol. The van der Waals surface area contributed by atoms with E-state index in [0.29, 0.717) is 12.1 Å². The molecule has 1 aliphatic heterocycles. The molecule has 0 N–H and O–H groups in total. The molecule has 2 unspecified atom stereocenters. The third-order valence-electron chi connectivity index (χ3n) is 4.14. The molecule has 1 aromatic carbocycles. The Morgan fingerprint density at radius 2 is 1.85 bits per heavy atom. The standard InChI is InChI=1S/C16H20N2S2/c1-12-6-5-7-13(2)18(12)16(19)20-17-11-10-14-8-3-4-9-15(14)17/h3-4,8-13H,5-7H2,1-2H3. The van der Waals surface area contributed by atoms with Crippen LogP contribution in [0.15, 0.2) is 36.5 Å². The largest absolute Gasteiger partial charge is 0.351 e. The van der Waals surface area contributed by atoms with Gasteiger partial charge in [-0.3, -0.25) is 3.97 Å². The molecule has 0 amide bonds. The van der Waals surface area contributed by atoms with Gasteiger partial charge >= 0.3 is 0 Å². The fourth-order valence-corrected chi connectivity index (χ4v) is 4.66. The summed E-state index contributed by atoms with van der Waals surface area (Å²) in [6.45, 7) is 4.58. The summed E-state index contributed by atoms with van der Waals surface area (Å²) in [7, 11) is 0. The van der Waals surface area contributed by atoms with Crippen LogP contribution in [0, 0.1) is 0 Å². The Balaban J connectivity index is 1.81. The molecule has 1 aliphatic rings. The van der Waals surface area contributed by atoms with Crippen molar-refractivity contribution < 1.29 is 0 Å². The molecule has 1 fully saturated rings. The normalized spacial score (nSPS) is 23.2. The average Bonchev–Trinajstić information content (AvgIpc) is 2.82. The highest BCUT2D eigenvalue weighted by molar-refractivity contribution is 8.22. The van der Waals surface area contributed by atoms with E-state index in [2.05, 4.69) is 59.2 Å². The van der Waals surface area contributed by atoms with E-state index >= 15 is 0 Å². The maximum absolute atomic E-state index is 5.71. The van der Waals surface area contributed by atoms with E-state index in [-0.39, 0.29) is 0 Å². The van der Waals surface area contributed by atoms with Gasteiger partial charge in [-0.1, -0.05) is 30.4 Å². The van der Waals surface area contributed by atoms with Gasteiger partial charge in [-0.2, -0.15) is 0 Å². The van der Waals surface area contributed by atoms with Gasteiger partial charge in [0.15, 0.2) is 4.32 Å². The van der Waals surface area contributed by atoms with Crippen molar-refractivity contribution in [1.29, 1.82) is 0 Å². The summed E-state index contributed by atoms with van der Waals surface area (Å²) in [6.07, 6.45) is 5.93. The molecule has 2 aromatic rings. The van der Waals surface area contributed by atoms with E-state index in [1.54, 1.807) is 11.9 Å². The Morgan fingerprint density at radius 1 is 1.15 bits per heavy atom. The molecule has 0 radical (unpaired) electrons. The first kappa shape index (κ1) is 14.0. The highest BCUT2D eigenvalue weighted by atomic mass is 32.2. The van der Waals surface area contributed by atoms with Crippen molar-refractivity contribution in [2.45, 2.75) is 45.2 Å². The first-order valence-electron chi connectivity index (χ1n) is 7.23. The Morgan fingerprint density at radius 3 is 2.60 bits per heavy atom. The molecule has 1 saturated heterocycles. The van der Waals surface area contributed by atoms with Crippen LogP contribution in [0.3, 0.4) is 0 Å². The van der Waals surface area contributed by atoms with Gasteiger partial charge in [-0.15, -0.1) is 0 Å². The lowest BCUT2D eigenvalue weighted by molar-refractivity contribution is 0.199. The summed E-state index contributed by atoms with van der Waals surface area (Å²) in [6, 6.07) is 11.7. The van der Waals surface area contributed by atoms with Gasteiger partial charge in [0.1, 0.15) is 0 Å². The number of thiocarbonyl (C=S) groups is 1. The molecule has 4 heteroatoms. The van der Waals surface area contributed by atoms with E-state index in [9.17, 15) is 0 Å². The van der Waals surface area contributed by atoms with Gasteiger partial charge in [0, 0.05) is 35.6 Å². The van der Waals surface area contributed by atoms with Crippen molar-refractivity contribution >= 4 is 39.4 Å². The number of hydrogen-bond donors (Lipinski definition) is 0. The number of likely N-dealkylation sites (tertiary alicyclic amines) is 1. The van der Waals surface area contributed by atoms with Crippen molar-refractivity contribution in [1.82, 2.24) is 8.87 Å². The van der Waals surface area contributed by atoms with Gasteiger partial charge in [-0.25, -0.2) is 0 Å². The van der Waals surface area contributed by atoms with E-state index in [1.165, 1.54) is 30.2 Å². The molecule has 2 nitrogen and oxygen atoms in total. The minimum absolute atomic E-state index is 0.556. The lowest BCUT2D eigenvalue weighted by atomic mass is 9.99. The van der Waals surface area contributed by atoms with Crippen molar-refractivity contribution in [2.24, 2.45) is 0 Å². The topological polar surface area (TPSA) is 8.17 Å². The molecule has 0 spiro atoms. The van der Waals surface area contributed by atoms with Crippen molar-refractivity contribution in [3.63, 3.8) is 0 Å². The quantitative estimate of drug-likeness (QED) is 0.707. The summed E-state index contributed by atoms with van der Waals surface area (Å²) in [4.78, 5) is 2.41. The average molecular weight is 304 g/mol. The van der Waals surface area contributed by atoms with Crippen molar-refractivity contribution in [3.05, 3.63) is 36.5 Å². The predicted octanol–water partition coefficient (Wildman–Crippen LogP) is 4.69. The van der Waals surface area contributed by atoms with Gasteiger partial charge in [0.05, 0.1) is 5.52 Å². The molecule has 0 bridgehead atoms. The first-order valence-corrected chi connectivity index (χ1v) is 8.41. The highest BCUT2D eigenvalue weighted by Gasteiger charge is 2.27. The monoisotopic (exact) mass is 304 g/mol. The number of para-hydroxylation sites is 1. The minimum atomic E-state index is 0.556. The van der Waals surface area contributed by atoms with Crippen LogP contribution in [0.25, 0.3) is 10.9 Å². The summed E-state index contributed by atoms with van der Waals surface area (Å²) >= 11 is 7.37. The van der Waals surface area contributed by atoms with Gasteiger partial charge in [0.2, 0.25) is 0 Å². The Hall–Kier alpha value is -1.00. The van der Waals surface area contributed by atoms with E-state index < -0.39 is 0 Å². The molecule has 2 atom stereocenters. The number of nitrogens with zero attached hydrogens (tertiary/aromatic N) is 2. The fraction of sp³-hybridized carbons (Fsp3) is 0.438. The number of rotatable bonds is 1. The van der Waals surface area contributed by atoms with Crippen LogP contribution >= 0.6 is 24.2 Å². The van der Waals surface area contributed by atoms with Crippen LogP contribution in [0.4, 0.5) is 0 Å². The summed E-state index contributed by atoms with van der Waals surface area (Å²) in [5, 5.41) is 1.27. The zero-order valence-electron chi connectivity index (χ0n) is 12.0. The number of benzene rings is 1. The smallest absolute Gasteiger partial charge is 0.157 e. The van der Waals surface area contributed by atoms with E-state index in [1.807, 2.05) is 0 Å². The van der Waals surface area contributed by atoms with E-state index in [4.69, 9.17) is 12.2 Å². The molecular formula is C16H20N2S2. The van der Waals surface area contributed by atoms with Gasteiger partial charge in [-0.05, 0) is 45.2 Å². The predicted molar refractivity (Wildman–Crippen MR) is 92.1 cm³/mol. The second-order valence-corrected chi connectivity index (χ2v) is 7.20. The molecule has 1 aromatic heterocycles. The zero-order valence-corrected chi connectivity index (χ0v) is 13.6. The molecule has 0 aliphatic carbocycles. The Labute approximate surface area is 130 Å². The van der Waals surface area contributed by atoms with Crippen molar-refractivity contribution in [3.8, 4) is 0 Å². The van der Waals surface area contributed by atoms with Crippen LogP contribution in [0.2, 0.25) is 0 Å². The Kier molecular flexibility index (Phi) is 4.03. The molecule has 2 heterocycles. The maximum Gasteiger partial charge on any atom is 0.157 e. The number of fused-ring (bicyclic) bond motifs is 1. The summed E-state index contributed by atoms with van der Waals surface area (Å²) < 4.78 is 3.18. The number of piperidine rings is 1. The Bertz CT molecular complexity index is 610. The van der Waals surface area contributed by atoms with Crippen LogP contribution in [0.1, 0.15) is 33.1 Å². The second-order valence-electron chi connectivity index (χ2n) is 5.59. The lowest BCUT2D eigenvalue weighted by Crippen LogP contribution is -2.45. The molecule has 106 valence electrons. The fourth-order valence-electron chi connectivity index (χ4n) is 3.05. The van der Waals surface area contributed by atoms with Crippen LogP contribution in [-0.2, 0) is 0 Å². The number of aromatic nitrogens is 1. The highest BCUT2D eigenvalue weighted by Crippen LogP contribution is 2.29. The molecule has 3 rings (SSSR count). The lowest BCUT2D eigenvalue weighted by Gasteiger charge is -2.40. The van der Waals surface area contributed by atoms with Gasteiger partial charge < -0.3 is 4.90 Å². The second kappa shape index (κ2) is 5.78. The van der Waals surface area contributed by atoms with Crippen LogP contribution in [-0.4, -0.2) is 25.3 Å². The molecule has 0 saturated carbocycles. The molecule has 20 heavy (non-hydrogen) atoms. The summed E-state index contributed by atoms with van der Waals surface area (Å²) in [5.41, 5.74) is 1.23. The van der Waals surface area contributed by atoms with Crippen LogP contribution in [0.5, 0.6) is 0 Å². The third kappa shape index (κ3) is 2.59. The van der Waals surface area contributed by atoms with E-state index in [0.717, 1.165) is 4.32 Å². The van der Waals surface area contributed by atoms with Gasteiger partial charge in [0.25, 0.3) is 0 Å². The minimum Gasteiger partial charge on any atom is -0.351 e. The number of hydrogen-bond acceptors (Lipinski definition) is 2. The zero-order chi connectivity index (χ0) is 14.1. The van der Waals surface area contributed by atoms with Crippen molar-refractivity contribution in [2.75, 3.05) is 0 Å². The maximum atomic E-state index is 5.71. The van der Waals surface area contributed by atoms with Crippen LogP contribution < -0.4 is 0 Å².